The molecule has 0 atom stereocenters. The molecular formula is C62H46N2O2S. The van der Waals surface area contributed by atoms with Crippen molar-refractivity contribution in [3.63, 3.8) is 0 Å². The molecule has 11 aromatic rings. The molecule has 0 aliphatic heterocycles. The summed E-state index contributed by atoms with van der Waals surface area (Å²) in [6.45, 7) is 9.42. The molecule has 0 unspecified atom stereocenters. The molecule has 2 aromatic heterocycles. The van der Waals surface area contributed by atoms with Crippen molar-refractivity contribution in [2.75, 3.05) is 14.2 Å². The van der Waals surface area contributed by atoms with E-state index in [1.807, 2.05) is 35.6 Å². The Morgan fingerprint density at radius 1 is 0.358 bits per heavy atom. The van der Waals surface area contributed by atoms with Gasteiger partial charge in [0.15, 0.2) is 0 Å². The fraction of sp³-hybridized carbons (Fsp3) is 0.129. The number of benzene rings is 9. The highest BCUT2D eigenvalue weighted by Gasteiger charge is 2.39. The summed E-state index contributed by atoms with van der Waals surface area (Å²) in [6, 6.07) is 61.6. The van der Waals surface area contributed by atoms with Crippen molar-refractivity contribution in [1.29, 1.82) is 0 Å². The molecule has 0 amide bonds. The van der Waals surface area contributed by atoms with Gasteiger partial charge in [-0.25, -0.2) is 9.97 Å². The van der Waals surface area contributed by atoms with E-state index < -0.39 is 0 Å². The van der Waals surface area contributed by atoms with Crippen molar-refractivity contribution in [3.8, 4) is 76.9 Å². The minimum atomic E-state index is -0.150. The van der Waals surface area contributed by atoms with E-state index in [0.717, 1.165) is 87.1 Å². The number of hydrogen-bond acceptors (Lipinski definition) is 5. The summed E-state index contributed by atoms with van der Waals surface area (Å²) in [5.41, 5.74) is 20.5. The number of thiophene rings is 1. The van der Waals surface area contributed by atoms with E-state index in [1.165, 1.54) is 55.6 Å². The summed E-state index contributed by atoms with van der Waals surface area (Å²) in [5.74, 6) is 1.66. The number of fused-ring (bicyclic) bond motifs is 13. The highest BCUT2D eigenvalue weighted by molar-refractivity contribution is 7.21. The van der Waals surface area contributed by atoms with Gasteiger partial charge in [-0.3, -0.25) is 0 Å². The second-order valence-corrected chi connectivity index (χ2v) is 20.1. The Bertz CT molecular complexity index is 3660. The molecule has 9 aromatic carbocycles. The van der Waals surface area contributed by atoms with Gasteiger partial charge < -0.3 is 9.47 Å². The smallest absolute Gasteiger partial charge is 0.126 e. The molecule has 0 radical (unpaired) electrons. The third-order valence-electron chi connectivity index (χ3n) is 14.9. The van der Waals surface area contributed by atoms with Gasteiger partial charge >= 0.3 is 0 Å². The zero-order valence-corrected chi connectivity index (χ0v) is 39.1. The number of hydrogen-bond donors (Lipinski definition) is 0. The number of nitrogens with zero attached hydrogens (tertiary/aromatic N) is 2. The highest BCUT2D eigenvalue weighted by Crippen LogP contribution is 2.58. The van der Waals surface area contributed by atoms with Crippen LogP contribution in [0.5, 0.6) is 11.5 Å². The van der Waals surface area contributed by atoms with Crippen LogP contribution in [0.25, 0.3) is 109 Å². The summed E-state index contributed by atoms with van der Waals surface area (Å²) in [7, 11) is 3.47. The lowest BCUT2D eigenvalue weighted by molar-refractivity contribution is 0.416. The van der Waals surface area contributed by atoms with Crippen molar-refractivity contribution >= 4 is 54.9 Å². The molecule has 4 nitrogen and oxygen atoms in total. The number of para-hydroxylation sites is 2. The molecule has 0 N–H and O–H groups in total. The topological polar surface area (TPSA) is 44.2 Å². The summed E-state index contributed by atoms with van der Waals surface area (Å²) in [5, 5.41) is 4.30. The van der Waals surface area contributed by atoms with E-state index in [-0.39, 0.29) is 10.8 Å². The summed E-state index contributed by atoms with van der Waals surface area (Å²) in [4.78, 5) is 14.1. The predicted molar refractivity (Wildman–Crippen MR) is 280 cm³/mol. The molecule has 2 aliphatic rings. The first-order valence-electron chi connectivity index (χ1n) is 23.1. The number of methoxy groups -OCH3 is 2. The van der Waals surface area contributed by atoms with E-state index in [2.05, 4.69) is 173 Å². The molecule has 0 fully saturated rings. The fourth-order valence-electron chi connectivity index (χ4n) is 11.6. The lowest BCUT2D eigenvalue weighted by Crippen LogP contribution is -2.14. The summed E-state index contributed by atoms with van der Waals surface area (Å²) >= 11 is 1.84. The first-order valence-corrected chi connectivity index (χ1v) is 23.9. The van der Waals surface area contributed by atoms with E-state index in [0.29, 0.717) is 0 Å². The van der Waals surface area contributed by atoms with Crippen LogP contribution in [0.4, 0.5) is 0 Å². The zero-order valence-electron chi connectivity index (χ0n) is 38.3. The van der Waals surface area contributed by atoms with Gasteiger partial charge in [-0.15, -0.1) is 11.3 Å². The molecule has 2 heterocycles. The molecule has 0 saturated carbocycles. The van der Waals surface area contributed by atoms with Gasteiger partial charge in [0.1, 0.15) is 22.5 Å². The van der Waals surface area contributed by atoms with Gasteiger partial charge in [0.25, 0.3) is 0 Å². The van der Waals surface area contributed by atoms with Gasteiger partial charge in [0, 0.05) is 43.9 Å². The second-order valence-electron chi connectivity index (χ2n) is 19.1. The maximum Gasteiger partial charge on any atom is 0.126 e. The molecule has 322 valence electrons. The van der Waals surface area contributed by atoms with Crippen LogP contribution < -0.4 is 9.47 Å². The van der Waals surface area contributed by atoms with Crippen LogP contribution in [0.15, 0.2) is 170 Å². The molecule has 5 heteroatoms. The van der Waals surface area contributed by atoms with Crippen LogP contribution in [0.1, 0.15) is 49.9 Å². The van der Waals surface area contributed by atoms with Crippen molar-refractivity contribution in [2.24, 2.45) is 0 Å². The van der Waals surface area contributed by atoms with Crippen molar-refractivity contribution in [2.45, 2.75) is 38.5 Å². The standard InChI is InChI=1S/C62H46N2O2S/c1-61(2)47-23-11-7-19-41(47)53-43(21-15-25-49(53)61)59-57-58(60(67-59)44-22-16-26-50-54(44)42-20-8-12-24-48(42)62(50,3)4)64-56-40-32-30-36(38-18-10-14-28-52(38)66-6)34-46(40)45-33-35(29-31-39(45)55(56)63-57)37-17-9-13-27-51(37)65-5/h7-34H,1-6H3. The van der Waals surface area contributed by atoms with Crippen LogP contribution in [0.3, 0.4) is 0 Å². The quantitative estimate of drug-likeness (QED) is 0.156. The molecule has 67 heavy (non-hydrogen) atoms. The minimum Gasteiger partial charge on any atom is -0.496 e. The lowest BCUT2D eigenvalue weighted by atomic mass is 9.82. The van der Waals surface area contributed by atoms with Crippen molar-refractivity contribution in [3.05, 3.63) is 192 Å². The number of rotatable bonds is 6. The maximum absolute atomic E-state index is 5.91. The van der Waals surface area contributed by atoms with Crippen LogP contribution in [0, 0.1) is 0 Å². The Balaban J connectivity index is 1.17. The van der Waals surface area contributed by atoms with Gasteiger partial charge in [-0.1, -0.05) is 173 Å². The zero-order chi connectivity index (χ0) is 45.3. The van der Waals surface area contributed by atoms with Gasteiger partial charge in [0.05, 0.1) is 35.0 Å². The molecule has 0 bridgehead atoms. The van der Waals surface area contributed by atoms with Crippen LogP contribution in [0.2, 0.25) is 0 Å². The normalized spacial score (nSPS) is 14.1. The largest absolute Gasteiger partial charge is 0.496 e. The second kappa shape index (κ2) is 14.4. The van der Waals surface area contributed by atoms with E-state index in [1.54, 1.807) is 14.2 Å². The van der Waals surface area contributed by atoms with E-state index >= 15 is 0 Å². The van der Waals surface area contributed by atoms with Gasteiger partial charge in [0.2, 0.25) is 0 Å². The molecule has 0 saturated heterocycles. The Morgan fingerprint density at radius 2 is 0.731 bits per heavy atom. The Hall–Kier alpha value is -7.60. The minimum absolute atomic E-state index is 0.150. The molecule has 2 aliphatic carbocycles. The number of ether oxygens (including phenoxy) is 2. The van der Waals surface area contributed by atoms with Crippen molar-refractivity contribution < 1.29 is 9.47 Å². The third kappa shape index (κ3) is 5.58. The molecular weight excluding hydrogens is 837 g/mol. The van der Waals surface area contributed by atoms with Crippen LogP contribution in [-0.4, -0.2) is 24.2 Å². The Kier molecular flexibility index (Phi) is 8.57. The van der Waals surface area contributed by atoms with Gasteiger partial charge in [-0.2, -0.15) is 0 Å². The van der Waals surface area contributed by atoms with Crippen LogP contribution >= 0.6 is 11.3 Å². The fourth-order valence-corrected chi connectivity index (χ4v) is 12.9. The third-order valence-corrected chi connectivity index (χ3v) is 16.1. The van der Waals surface area contributed by atoms with E-state index in [4.69, 9.17) is 19.4 Å². The SMILES string of the molecule is COc1ccccc1-c1ccc2c(c1)c1cc(-c3ccccc3OC)ccc1c1nc3c(-c4cccc5c4-c4ccccc4C5(C)C)sc(-c4cccc5c4-c4ccccc4C5(C)C)c3nc21. The first kappa shape index (κ1) is 39.7. The highest BCUT2D eigenvalue weighted by atomic mass is 32.1. The van der Waals surface area contributed by atoms with Gasteiger partial charge in [-0.05, 0) is 90.7 Å². The van der Waals surface area contributed by atoms with Crippen molar-refractivity contribution in [1.82, 2.24) is 9.97 Å². The predicted octanol–water partition coefficient (Wildman–Crippen LogP) is 16.4. The maximum atomic E-state index is 5.91. The number of aromatic nitrogens is 2. The monoisotopic (exact) mass is 882 g/mol. The lowest BCUT2D eigenvalue weighted by Gasteiger charge is -2.21. The average molecular weight is 883 g/mol. The Labute approximate surface area is 394 Å². The Morgan fingerprint density at radius 3 is 1.16 bits per heavy atom. The average Bonchev–Trinajstić information content (AvgIpc) is 3.95. The van der Waals surface area contributed by atoms with Crippen LogP contribution in [-0.2, 0) is 10.8 Å². The summed E-state index contributed by atoms with van der Waals surface area (Å²) < 4.78 is 11.8. The summed E-state index contributed by atoms with van der Waals surface area (Å²) in [6.07, 6.45) is 0. The first-order chi connectivity index (χ1) is 32.7. The molecule has 0 spiro atoms. The molecule has 13 rings (SSSR count). The van der Waals surface area contributed by atoms with E-state index in [9.17, 15) is 0 Å².